The number of H-pyrrole nitrogens is 1. The number of pyridine rings is 1. The number of nitro benzene ring substituents is 1. The summed E-state index contributed by atoms with van der Waals surface area (Å²) in [6.45, 7) is 0. The number of benzene rings is 1. The van der Waals surface area contributed by atoms with Crippen LogP contribution in [0.3, 0.4) is 0 Å². The Labute approximate surface area is 138 Å². The van der Waals surface area contributed by atoms with Gasteiger partial charge in [0.1, 0.15) is 5.52 Å². The van der Waals surface area contributed by atoms with Gasteiger partial charge in [-0.25, -0.2) is 0 Å². The highest BCUT2D eigenvalue weighted by atomic mass is 16.6. The van der Waals surface area contributed by atoms with E-state index >= 15 is 0 Å². The van der Waals surface area contributed by atoms with Gasteiger partial charge in [0.25, 0.3) is 5.69 Å². The van der Waals surface area contributed by atoms with Crippen molar-refractivity contribution in [2.75, 3.05) is 0 Å². The summed E-state index contributed by atoms with van der Waals surface area (Å²) in [5, 5.41) is 12.3. The maximum absolute atomic E-state index is 11.3. The first kappa shape index (κ1) is 13.7. The van der Waals surface area contributed by atoms with Crippen molar-refractivity contribution in [1.82, 2.24) is 9.97 Å². The summed E-state index contributed by atoms with van der Waals surface area (Å²) in [5.74, 6) is 0. The van der Waals surface area contributed by atoms with Gasteiger partial charge in [0, 0.05) is 17.1 Å². The predicted molar refractivity (Wildman–Crippen MR) is 92.2 cm³/mol. The van der Waals surface area contributed by atoms with E-state index in [1.54, 1.807) is 12.1 Å². The molecule has 2 heterocycles. The summed E-state index contributed by atoms with van der Waals surface area (Å²) in [4.78, 5) is 19.3. The fraction of sp³-hybridized carbons (Fsp3) is 0.316. The van der Waals surface area contributed by atoms with Crippen LogP contribution in [-0.4, -0.2) is 14.9 Å². The highest BCUT2D eigenvalue weighted by molar-refractivity contribution is 5.96. The third-order valence-corrected chi connectivity index (χ3v) is 5.38. The molecule has 0 saturated heterocycles. The normalized spacial score (nSPS) is 15.7. The Bertz CT molecular complexity index is 1000. The molecule has 0 fully saturated rings. The molecule has 24 heavy (non-hydrogen) atoms. The molecule has 2 aromatic heterocycles. The van der Waals surface area contributed by atoms with Crippen LogP contribution < -0.4 is 0 Å². The Balaban J connectivity index is 1.78. The lowest BCUT2D eigenvalue weighted by molar-refractivity contribution is -0.383. The van der Waals surface area contributed by atoms with Gasteiger partial charge >= 0.3 is 0 Å². The fourth-order valence-corrected chi connectivity index (χ4v) is 4.22. The van der Waals surface area contributed by atoms with E-state index in [4.69, 9.17) is 4.98 Å². The number of hydrogen-bond donors (Lipinski definition) is 1. The molecule has 0 amide bonds. The molecule has 0 bridgehead atoms. The molecular weight excluding hydrogens is 302 g/mol. The number of nitrogens with zero attached hydrogens (tertiary/aromatic N) is 2. The van der Waals surface area contributed by atoms with Crippen LogP contribution in [0.5, 0.6) is 0 Å². The van der Waals surface area contributed by atoms with E-state index in [-0.39, 0.29) is 10.6 Å². The Morgan fingerprint density at radius 3 is 2.83 bits per heavy atom. The van der Waals surface area contributed by atoms with Crippen LogP contribution in [0.15, 0.2) is 24.3 Å². The zero-order valence-electron chi connectivity index (χ0n) is 13.3. The van der Waals surface area contributed by atoms with Gasteiger partial charge in [-0.1, -0.05) is 18.2 Å². The molecule has 0 spiro atoms. The van der Waals surface area contributed by atoms with Crippen molar-refractivity contribution in [2.24, 2.45) is 0 Å². The SMILES string of the molecule is O=[N+]([O-])c1cccc2c3c([nH]c12)-c1nc2c(cc1CC3)CCCC2. The Morgan fingerprint density at radius 1 is 1.08 bits per heavy atom. The van der Waals surface area contributed by atoms with Crippen LogP contribution in [-0.2, 0) is 25.7 Å². The monoisotopic (exact) mass is 319 g/mol. The molecule has 5 nitrogen and oxygen atoms in total. The van der Waals surface area contributed by atoms with Crippen LogP contribution in [0.1, 0.15) is 35.2 Å². The van der Waals surface area contributed by atoms with E-state index in [0.717, 1.165) is 42.5 Å². The lowest BCUT2D eigenvalue weighted by Crippen LogP contribution is -2.12. The van der Waals surface area contributed by atoms with E-state index < -0.39 is 0 Å². The van der Waals surface area contributed by atoms with E-state index in [9.17, 15) is 10.1 Å². The molecule has 5 heteroatoms. The minimum atomic E-state index is -0.314. The summed E-state index contributed by atoms with van der Waals surface area (Å²) in [7, 11) is 0. The van der Waals surface area contributed by atoms with Crippen LogP contribution in [0.4, 0.5) is 5.69 Å². The van der Waals surface area contributed by atoms with E-state index in [1.807, 2.05) is 6.07 Å². The molecular formula is C19H17N3O2. The summed E-state index contributed by atoms with van der Waals surface area (Å²) in [5.41, 5.74) is 7.80. The smallest absolute Gasteiger partial charge is 0.293 e. The molecule has 0 saturated carbocycles. The van der Waals surface area contributed by atoms with Crippen molar-refractivity contribution in [3.63, 3.8) is 0 Å². The van der Waals surface area contributed by atoms with E-state index in [1.165, 1.54) is 35.2 Å². The van der Waals surface area contributed by atoms with Gasteiger partial charge in [-0.15, -0.1) is 0 Å². The highest BCUT2D eigenvalue weighted by Crippen LogP contribution is 2.40. The Kier molecular flexibility index (Phi) is 2.80. The third kappa shape index (κ3) is 1.84. The second kappa shape index (κ2) is 4.90. The summed E-state index contributed by atoms with van der Waals surface area (Å²) >= 11 is 0. The molecule has 0 atom stereocenters. The van der Waals surface area contributed by atoms with Crippen LogP contribution >= 0.6 is 0 Å². The number of rotatable bonds is 1. The summed E-state index contributed by atoms with van der Waals surface area (Å²) in [6.07, 6.45) is 6.47. The van der Waals surface area contributed by atoms with Gasteiger partial charge in [0.05, 0.1) is 16.3 Å². The second-order valence-corrected chi connectivity index (χ2v) is 6.74. The largest absolute Gasteiger partial charge is 0.347 e. The molecule has 1 N–H and O–H groups in total. The molecule has 0 radical (unpaired) electrons. The summed E-state index contributed by atoms with van der Waals surface area (Å²) in [6, 6.07) is 7.62. The molecule has 1 aromatic carbocycles. The number of nitrogens with one attached hydrogen (secondary N) is 1. The predicted octanol–water partition coefficient (Wildman–Crippen LogP) is 4.12. The molecule has 2 aliphatic rings. The molecule has 2 aliphatic carbocycles. The van der Waals surface area contributed by atoms with Gasteiger partial charge in [-0.3, -0.25) is 15.1 Å². The minimum absolute atomic E-state index is 0.140. The van der Waals surface area contributed by atoms with Gasteiger partial charge in [-0.05, 0) is 55.2 Å². The Hall–Kier alpha value is -2.69. The van der Waals surface area contributed by atoms with Crippen molar-refractivity contribution in [1.29, 1.82) is 0 Å². The zero-order chi connectivity index (χ0) is 16.3. The van der Waals surface area contributed by atoms with Gasteiger partial charge in [0.15, 0.2) is 0 Å². The van der Waals surface area contributed by atoms with Crippen molar-refractivity contribution >= 4 is 16.6 Å². The van der Waals surface area contributed by atoms with Crippen LogP contribution in [0, 0.1) is 10.1 Å². The highest BCUT2D eigenvalue weighted by Gasteiger charge is 2.26. The molecule has 0 aliphatic heterocycles. The maximum Gasteiger partial charge on any atom is 0.293 e. The maximum atomic E-state index is 11.3. The first-order valence-corrected chi connectivity index (χ1v) is 8.52. The van der Waals surface area contributed by atoms with Crippen LogP contribution in [0.25, 0.3) is 22.3 Å². The number of aromatic nitrogens is 2. The Morgan fingerprint density at radius 2 is 1.96 bits per heavy atom. The van der Waals surface area contributed by atoms with Gasteiger partial charge < -0.3 is 4.98 Å². The summed E-state index contributed by atoms with van der Waals surface area (Å²) < 4.78 is 0. The number of non-ortho nitro benzene ring substituents is 1. The lowest BCUT2D eigenvalue weighted by Gasteiger charge is -2.21. The number of hydrogen-bond acceptors (Lipinski definition) is 3. The number of nitro groups is 1. The second-order valence-electron chi connectivity index (χ2n) is 6.74. The van der Waals surface area contributed by atoms with Gasteiger partial charge in [-0.2, -0.15) is 0 Å². The number of aromatic amines is 1. The average molecular weight is 319 g/mol. The minimum Gasteiger partial charge on any atom is -0.347 e. The first-order chi connectivity index (χ1) is 11.7. The van der Waals surface area contributed by atoms with Crippen molar-refractivity contribution in [3.8, 4) is 11.4 Å². The quantitative estimate of drug-likeness (QED) is 0.542. The zero-order valence-corrected chi connectivity index (χ0v) is 13.3. The van der Waals surface area contributed by atoms with Crippen molar-refractivity contribution in [2.45, 2.75) is 38.5 Å². The lowest BCUT2D eigenvalue weighted by atomic mass is 9.88. The first-order valence-electron chi connectivity index (χ1n) is 8.52. The molecule has 120 valence electrons. The van der Waals surface area contributed by atoms with E-state index in [0.29, 0.717) is 5.52 Å². The van der Waals surface area contributed by atoms with Gasteiger partial charge in [0.2, 0.25) is 0 Å². The van der Waals surface area contributed by atoms with E-state index in [2.05, 4.69) is 11.1 Å². The fourth-order valence-electron chi connectivity index (χ4n) is 4.22. The molecule has 0 unspecified atom stereocenters. The average Bonchev–Trinajstić information content (AvgIpc) is 2.99. The van der Waals surface area contributed by atoms with Crippen LogP contribution in [0.2, 0.25) is 0 Å². The van der Waals surface area contributed by atoms with Crippen molar-refractivity contribution < 1.29 is 4.92 Å². The van der Waals surface area contributed by atoms with Crippen molar-refractivity contribution in [3.05, 3.63) is 56.8 Å². The molecule has 3 aromatic rings. The molecule has 5 rings (SSSR count). The number of para-hydroxylation sites is 1. The standard InChI is InChI=1S/C19H17N3O2/c23-22(24)16-7-3-5-13-14-9-8-12-10-11-4-1-2-6-15(11)20-17(12)19(14)21-18(13)16/h3,5,7,10,21H,1-2,4,6,8-9H2. The number of fused-ring (bicyclic) bond motifs is 6. The topological polar surface area (TPSA) is 71.8 Å². The third-order valence-electron chi connectivity index (χ3n) is 5.38. The number of aryl methyl sites for hydroxylation is 4.